The van der Waals surface area contributed by atoms with Gasteiger partial charge in [-0.1, -0.05) is 36.4 Å². The molecule has 0 atom stereocenters. The summed E-state index contributed by atoms with van der Waals surface area (Å²) in [6.07, 6.45) is 0. The smallest absolute Gasteiger partial charge is 0.341 e. The van der Waals surface area contributed by atoms with Gasteiger partial charge >= 0.3 is 5.97 Å². The van der Waals surface area contributed by atoms with Crippen LogP contribution in [0.4, 0.5) is 10.7 Å². The Labute approximate surface area is 164 Å². The average Bonchev–Trinajstić information content (AvgIpc) is 3.11. The van der Waals surface area contributed by atoms with Gasteiger partial charge in [0.05, 0.1) is 12.0 Å². The third kappa shape index (κ3) is 3.77. The number of carbonyl (C=O) groups is 2. The van der Waals surface area contributed by atoms with Crippen LogP contribution in [-0.4, -0.2) is 23.9 Å². The van der Waals surface area contributed by atoms with Gasteiger partial charge in [-0.2, -0.15) is 0 Å². The summed E-state index contributed by atoms with van der Waals surface area (Å²) in [6.45, 7) is 1.60. The highest BCUT2D eigenvalue weighted by Crippen LogP contribution is 2.36. The predicted octanol–water partition coefficient (Wildman–Crippen LogP) is 4.67. The Hall–Kier alpha value is -3.52. The summed E-state index contributed by atoms with van der Waals surface area (Å²) >= 11 is 1.18. The van der Waals surface area contributed by atoms with Crippen LogP contribution in [0, 0.1) is 17.0 Å². The van der Waals surface area contributed by atoms with Crippen LogP contribution in [0.25, 0.3) is 11.1 Å². The lowest BCUT2D eigenvalue weighted by atomic mass is 10.0. The first-order valence-corrected chi connectivity index (χ1v) is 9.12. The molecule has 2 aromatic carbocycles. The average molecular weight is 396 g/mol. The van der Waals surface area contributed by atoms with Crippen LogP contribution in [0.1, 0.15) is 26.3 Å². The van der Waals surface area contributed by atoms with Crippen LogP contribution in [0.5, 0.6) is 0 Å². The van der Waals surface area contributed by atoms with E-state index in [1.807, 2.05) is 30.3 Å². The Balaban J connectivity index is 1.98. The van der Waals surface area contributed by atoms with Gasteiger partial charge in [-0.15, -0.1) is 11.3 Å². The molecule has 0 spiro atoms. The summed E-state index contributed by atoms with van der Waals surface area (Å²) < 4.78 is 4.88. The molecule has 0 saturated carbocycles. The lowest BCUT2D eigenvalue weighted by Gasteiger charge is -2.08. The number of esters is 1. The molecule has 1 heterocycles. The second-order valence-electron chi connectivity index (χ2n) is 5.92. The molecule has 0 saturated heterocycles. The highest BCUT2D eigenvalue weighted by Gasteiger charge is 2.23. The standard InChI is InChI=1S/C20H16N2O5S/c1-12-8-9-14(10-16(12)22(25)26)18(23)21-19-17(20(24)27-2)15(11-28-19)13-6-4-3-5-7-13/h3-11H,1-2H3,(H,21,23). The molecule has 28 heavy (non-hydrogen) atoms. The van der Waals surface area contributed by atoms with Crippen molar-refractivity contribution in [3.05, 3.63) is 80.7 Å². The molecule has 3 aromatic rings. The van der Waals surface area contributed by atoms with Gasteiger partial charge in [0.2, 0.25) is 0 Å². The molecule has 142 valence electrons. The minimum Gasteiger partial charge on any atom is -0.465 e. The van der Waals surface area contributed by atoms with Gasteiger partial charge < -0.3 is 10.1 Å². The number of nitro groups is 1. The first kappa shape index (κ1) is 19.2. The summed E-state index contributed by atoms with van der Waals surface area (Å²) in [5.41, 5.74) is 2.14. The maximum atomic E-state index is 12.6. The number of aryl methyl sites for hydroxylation is 1. The van der Waals surface area contributed by atoms with Crippen LogP contribution in [0.2, 0.25) is 0 Å². The topological polar surface area (TPSA) is 98.5 Å². The van der Waals surface area contributed by atoms with Crippen molar-refractivity contribution in [2.75, 3.05) is 12.4 Å². The second-order valence-corrected chi connectivity index (χ2v) is 6.80. The van der Waals surface area contributed by atoms with Crippen molar-refractivity contribution in [3.63, 3.8) is 0 Å². The number of ether oxygens (including phenoxy) is 1. The molecule has 0 aliphatic rings. The number of nitro benzene ring substituents is 1. The molecule has 1 aromatic heterocycles. The fourth-order valence-corrected chi connectivity index (χ4v) is 3.66. The molecular weight excluding hydrogens is 380 g/mol. The summed E-state index contributed by atoms with van der Waals surface area (Å²) in [5, 5.41) is 15.9. The van der Waals surface area contributed by atoms with Crippen molar-refractivity contribution >= 4 is 33.9 Å². The zero-order valence-corrected chi connectivity index (χ0v) is 15.9. The number of hydrogen-bond donors (Lipinski definition) is 1. The molecule has 1 amide bonds. The van der Waals surface area contributed by atoms with Gasteiger partial charge in [0.1, 0.15) is 10.6 Å². The Morgan fingerprint density at radius 2 is 1.86 bits per heavy atom. The molecule has 0 radical (unpaired) electrons. The predicted molar refractivity (Wildman–Crippen MR) is 107 cm³/mol. The van der Waals surface area contributed by atoms with E-state index in [1.54, 1.807) is 12.3 Å². The van der Waals surface area contributed by atoms with Gasteiger partial charge in [0.15, 0.2) is 0 Å². The lowest BCUT2D eigenvalue weighted by Crippen LogP contribution is -2.14. The van der Waals surface area contributed by atoms with Crippen LogP contribution in [0.3, 0.4) is 0 Å². The third-order valence-corrected chi connectivity index (χ3v) is 5.06. The fourth-order valence-electron chi connectivity index (χ4n) is 2.71. The Kier molecular flexibility index (Phi) is 5.51. The van der Waals surface area contributed by atoms with E-state index >= 15 is 0 Å². The number of anilines is 1. The number of nitrogens with zero attached hydrogens (tertiary/aromatic N) is 1. The maximum absolute atomic E-state index is 12.6. The largest absolute Gasteiger partial charge is 0.465 e. The van der Waals surface area contributed by atoms with Crippen LogP contribution in [0.15, 0.2) is 53.9 Å². The van der Waals surface area contributed by atoms with E-state index in [2.05, 4.69) is 5.32 Å². The minimum absolute atomic E-state index is 0.128. The molecule has 0 aliphatic heterocycles. The maximum Gasteiger partial charge on any atom is 0.341 e. The quantitative estimate of drug-likeness (QED) is 0.384. The number of rotatable bonds is 5. The zero-order valence-electron chi connectivity index (χ0n) is 15.1. The molecule has 0 fully saturated rings. The molecule has 0 bridgehead atoms. The number of hydrogen-bond acceptors (Lipinski definition) is 6. The SMILES string of the molecule is COC(=O)c1c(-c2ccccc2)csc1NC(=O)c1ccc(C)c([N+](=O)[O-])c1. The number of amides is 1. The summed E-state index contributed by atoms with van der Waals surface area (Å²) in [4.78, 5) is 35.5. The third-order valence-electron chi connectivity index (χ3n) is 4.16. The monoisotopic (exact) mass is 396 g/mol. The van der Waals surface area contributed by atoms with E-state index in [1.165, 1.54) is 36.6 Å². The summed E-state index contributed by atoms with van der Waals surface area (Å²) in [6, 6.07) is 13.5. The molecular formula is C20H16N2O5S. The van der Waals surface area contributed by atoms with Gasteiger partial charge in [-0.25, -0.2) is 4.79 Å². The zero-order chi connectivity index (χ0) is 20.3. The van der Waals surface area contributed by atoms with E-state index in [0.29, 0.717) is 16.1 Å². The first-order valence-electron chi connectivity index (χ1n) is 8.24. The van der Waals surface area contributed by atoms with Gasteiger partial charge in [-0.05, 0) is 18.6 Å². The van der Waals surface area contributed by atoms with Gasteiger partial charge in [0.25, 0.3) is 11.6 Å². The Morgan fingerprint density at radius 3 is 2.50 bits per heavy atom. The molecule has 7 nitrogen and oxygen atoms in total. The Bertz CT molecular complexity index is 1060. The highest BCUT2D eigenvalue weighted by molar-refractivity contribution is 7.15. The van der Waals surface area contributed by atoms with Crippen LogP contribution < -0.4 is 5.32 Å². The molecule has 1 N–H and O–H groups in total. The van der Waals surface area contributed by atoms with Gasteiger partial charge in [0, 0.05) is 28.1 Å². The molecule has 8 heteroatoms. The number of nitrogens with one attached hydrogen (secondary N) is 1. The van der Waals surface area contributed by atoms with E-state index in [4.69, 9.17) is 4.74 Å². The second kappa shape index (κ2) is 8.01. The van der Waals surface area contributed by atoms with Gasteiger partial charge in [-0.3, -0.25) is 14.9 Å². The number of thiophene rings is 1. The Morgan fingerprint density at radius 1 is 1.14 bits per heavy atom. The van der Waals surface area contributed by atoms with Crippen molar-refractivity contribution in [1.29, 1.82) is 0 Å². The first-order chi connectivity index (χ1) is 13.4. The number of carbonyl (C=O) groups excluding carboxylic acids is 2. The summed E-state index contributed by atoms with van der Waals surface area (Å²) in [7, 11) is 1.27. The lowest BCUT2D eigenvalue weighted by molar-refractivity contribution is -0.385. The van der Waals surface area contributed by atoms with Crippen molar-refractivity contribution in [3.8, 4) is 11.1 Å². The highest BCUT2D eigenvalue weighted by atomic mass is 32.1. The van der Waals surface area contributed by atoms with E-state index < -0.39 is 16.8 Å². The van der Waals surface area contributed by atoms with Crippen molar-refractivity contribution < 1.29 is 19.2 Å². The molecule has 0 aliphatic carbocycles. The fraction of sp³-hybridized carbons (Fsp3) is 0.100. The van der Waals surface area contributed by atoms with Crippen LogP contribution in [-0.2, 0) is 4.74 Å². The normalized spacial score (nSPS) is 10.4. The van der Waals surface area contributed by atoms with Crippen molar-refractivity contribution in [1.82, 2.24) is 0 Å². The minimum atomic E-state index is -0.578. The molecule has 0 unspecified atom stereocenters. The summed E-state index contributed by atoms with van der Waals surface area (Å²) in [5.74, 6) is -1.12. The number of benzene rings is 2. The van der Waals surface area contributed by atoms with E-state index in [0.717, 1.165) is 5.56 Å². The molecule has 3 rings (SSSR count). The van der Waals surface area contributed by atoms with Crippen molar-refractivity contribution in [2.24, 2.45) is 0 Å². The van der Waals surface area contributed by atoms with E-state index in [-0.39, 0.29) is 16.8 Å². The van der Waals surface area contributed by atoms with E-state index in [9.17, 15) is 19.7 Å². The van der Waals surface area contributed by atoms with Crippen molar-refractivity contribution in [2.45, 2.75) is 6.92 Å². The van der Waals surface area contributed by atoms with Crippen LogP contribution >= 0.6 is 11.3 Å². The number of methoxy groups -OCH3 is 1.